The number of para-hydroxylation sites is 2. The van der Waals surface area contributed by atoms with Crippen LogP contribution in [0.4, 0.5) is 0 Å². The molecule has 0 amide bonds. The van der Waals surface area contributed by atoms with Gasteiger partial charge in [0.05, 0.1) is 37.5 Å². The van der Waals surface area contributed by atoms with E-state index in [1.54, 1.807) is 0 Å². The Labute approximate surface area is 474 Å². The molecule has 0 bridgehead atoms. The summed E-state index contributed by atoms with van der Waals surface area (Å²) in [5.41, 5.74) is 12.2. The Morgan fingerprint density at radius 1 is 0.468 bits per heavy atom. The Hall–Kier alpha value is -8.23. The molecule has 0 spiro atoms. The monoisotopic (exact) mass is 1370 g/mol. The molecule has 12 aromatic rings. The van der Waals surface area contributed by atoms with Gasteiger partial charge in [-0.2, -0.15) is 0 Å². The van der Waals surface area contributed by atoms with Crippen molar-refractivity contribution in [1.29, 1.82) is 0 Å². The average molecular weight is 1370 g/mol. The van der Waals surface area contributed by atoms with Crippen molar-refractivity contribution in [2.45, 2.75) is 41.5 Å². The second kappa shape index (κ2) is 25.5. The van der Waals surface area contributed by atoms with Crippen LogP contribution in [0, 0.1) is 26.0 Å². The standard InChI is InChI=1S/C31H18NO.C26H19N2.2C5H8O2.2Ir/c1-2-7-23-20(6-1)16-17-27-25(23)18-19-32-30(27)22-14-12-21(13-15-22)24-9-5-10-28-26-8-3-4-11-29(26)33-31(24)28;1-17-7-13-22(18(2)28-17)20-8-10-21(11-9-20)26-25-14-12-19-5-3-4-6-23(19)24(25)15-16-27-26;2*1-4(6)3-5(2)7;;/h1-14,16-19H;3-10,12-16H,1-2H3;2*3,6H,1-2H3;;/q2*-1;;;;/p+2. The maximum absolute atomic E-state index is 8.40. The van der Waals surface area contributed by atoms with E-state index in [-0.39, 0.29) is 63.3 Å². The van der Waals surface area contributed by atoms with Gasteiger partial charge >= 0.3 is 11.6 Å². The zero-order chi connectivity index (χ0) is 52.6. The third-order valence-corrected chi connectivity index (χ3v) is 12.6. The van der Waals surface area contributed by atoms with Gasteiger partial charge in [0.2, 0.25) is 0 Å². The molecule has 0 aliphatic heterocycles. The average Bonchev–Trinajstić information content (AvgIpc) is 3.82. The number of furan rings is 1. The summed E-state index contributed by atoms with van der Waals surface area (Å²) in [5, 5.41) is 28.8. The van der Waals surface area contributed by atoms with Gasteiger partial charge in [0.25, 0.3) is 0 Å². The number of benzene rings is 8. The zero-order valence-corrected chi connectivity index (χ0v) is 48.0. The van der Waals surface area contributed by atoms with Crippen LogP contribution in [-0.2, 0) is 40.2 Å². The number of hydrogen-bond acceptors (Lipinski definition) is 6. The smallest absolute Gasteiger partial charge is 0.316 e. The molecule has 4 aromatic heterocycles. The van der Waals surface area contributed by atoms with Gasteiger partial charge in [0, 0.05) is 74.8 Å². The minimum atomic E-state index is 0. The summed E-state index contributed by atoms with van der Waals surface area (Å²) in [6.07, 6.45) is 6.33. The third kappa shape index (κ3) is 13.1. The SMILES string of the molecule is CC(=[OH+])C=C(C)O.CC(=[OH+])C=C(C)O.Cc1ccc(-c2c[c-]c(-c3nccc4c3ccc3ccccc34)cc2)c(C)n1.[Ir].[Ir].[c-]1cc(-c2cccc3c2oc2ccccc23)ccc1-c1nccc2c1ccc1ccccc12. The fourth-order valence-electron chi connectivity index (χ4n) is 9.35. The van der Waals surface area contributed by atoms with Gasteiger partial charge in [-0.1, -0.05) is 126 Å². The number of pyridine rings is 3. The molecule has 8 nitrogen and oxygen atoms in total. The molecule has 0 unspecified atom stereocenters. The minimum Gasteiger partial charge on any atom is -0.512 e. The zero-order valence-electron chi connectivity index (χ0n) is 43.3. The number of carbonyl (C=O) groups excluding carboxylic acids is 2. The van der Waals surface area contributed by atoms with Gasteiger partial charge in [-0.25, -0.2) is 0 Å². The summed E-state index contributed by atoms with van der Waals surface area (Å²) in [4.78, 5) is 30.8. The molecule has 0 aliphatic rings. The molecule has 0 fully saturated rings. The van der Waals surface area contributed by atoms with Crippen molar-refractivity contribution < 1.29 is 64.4 Å². The first-order chi connectivity index (χ1) is 36.3. The molecule has 0 saturated carbocycles. The number of fused-ring (bicyclic) bond motifs is 9. The van der Waals surface area contributed by atoms with Crippen LogP contribution in [0.3, 0.4) is 0 Å². The van der Waals surface area contributed by atoms with Gasteiger partial charge in [-0.05, 0) is 118 Å². The van der Waals surface area contributed by atoms with Crippen molar-refractivity contribution in [3.63, 3.8) is 0 Å². The van der Waals surface area contributed by atoms with Crippen LogP contribution in [0.2, 0.25) is 0 Å². The summed E-state index contributed by atoms with van der Waals surface area (Å²) >= 11 is 0. The second-order valence-electron chi connectivity index (χ2n) is 18.3. The molecule has 386 valence electrons. The van der Waals surface area contributed by atoms with Crippen LogP contribution in [0.1, 0.15) is 39.1 Å². The molecule has 2 radical (unpaired) electrons. The largest absolute Gasteiger partial charge is 0.512 e. The van der Waals surface area contributed by atoms with Gasteiger partial charge in [0.1, 0.15) is 11.2 Å². The molecule has 0 saturated heterocycles. The first-order valence-electron chi connectivity index (χ1n) is 24.5. The van der Waals surface area contributed by atoms with Crippen molar-refractivity contribution in [2.75, 3.05) is 0 Å². The molecule has 0 aliphatic carbocycles. The Morgan fingerprint density at radius 3 is 1.42 bits per heavy atom. The maximum Gasteiger partial charge on any atom is 0.316 e. The number of rotatable bonds is 6. The van der Waals surface area contributed by atoms with Crippen molar-refractivity contribution >= 4 is 76.6 Å². The van der Waals surface area contributed by atoms with E-state index in [9.17, 15) is 0 Å². The number of aliphatic hydroxyl groups excluding tert-OH is 2. The number of aliphatic hydroxyl groups is 2. The van der Waals surface area contributed by atoms with E-state index in [2.05, 4.69) is 162 Å². The maximum atomic E-state index is 8.40. The van der Waals surface area contributed by atoms with E-state index in [1.807, 2.05) is 62.6 Å². The second-order valence-corrected chi connectivity index (χ2v) is 18.3. The summed E-state index contributed by atoms with van der Waals surface area (Å²) in [7, 11) is 0. The molecular formula is C67H55Ir2N3O5. The van der Waals surface area contributed by atoms with Gasteiger partial charge in [-0.15, -0.1) is 59.7 Å². The van der Waals surface area contributed by atoms with Crippen LogP contribution in [0.15, 0.2) is 216 Å². The van der Waals surface area contributed by atoms with Gasteiger partial charge in [-0.3, -0.25) is 14.6 Å². The van der Waals surface area contributed by atoms with Crippen LogP contribution < -0.4 is 0 Å². The number of ketones is 2. The molecule has 12 rings (SSSR count). The van der Waals surface area contributed by atoms with E-state index in [0.29, 0.717) is 0 Å². The number of allylic oxidation sites excluding steroid dienone is 4. The molecule has 4 N–H and O–H groups in total. The number of aryl methyl sites for hydroxylation is 2. The minimum absolute atomic E-state index is 0. The third-order valence-electron chi connectivity index (χ3n) is 12.6. The Balaban J connectivity index is 0.000000178. The van der Waals surface area contributed by atoms with Crippen LogP contribution >= 0.6 is 0 Å². The van der Waals surface area contributed by atoms with Gasteiger partial charge < -0.3 is 24.6 Å². The van der Waals surface area contributed by atoms with Crippen molar-refractivity contribution in [3.05, 3.63) is 236 Å². The van der Waals surface area contributed by atoms with E-state index >= 15 is 0 Å². The van der Waals surface area contributed by atoms with Crippen molar-refractivity contribution in [3.8, 4) is 44.8 Å². The summed E-state index contributed by atoms with van der Waals surface area (Å²) in [5.74, 6) is 0.500. The predicted molar refractivity (Wildman–Crippen MR) is 310 cm³/mol. The Kier molecular flexibility index (Phi) is 18.7. The topological polar surface area (TPSA) is 135 Å². The van der Waals surface area contributed by atoms with Crippen LogP contribution in [-0.4, -0.2) is 46.3 Å². The number of nitrogens with zero attached hydrogens (tertiary/aromatic N) is 3. The van der Waals surface area contributed by atoms with Gasteiger partial charge in [0.15, 0.2) is 0 Å². The first kappa shape index (κ1) is 56.5. The summed E-state index contributed by atoms with van der Waals surface area (Å²) in [6.45, 7) is 10.1. The van der Waals surface area contributed by atoms with E-state index in [1.165, 1.54) is 72.2 Å². The molecule has 77 heavy (non-hydrogen) atoms. The van der Waals surface area contributed by atoms with Crippen molar-refractivity contribution in [2.24, 2.45) is 0 Å². The fourth-order valence-corrected chi connectivity index (χ4v) is 9.35. The molecule has 8 aromatic carbocycles. The summed E-state index contributed by atoms with van der Waals surface area (Å²) < 4.78 is 6.23. The van der Waals surface area contributed by atoms with Crippen LogP contribution in [0.5, 0.6) is 0 Å². The molecule has 10 heteroatoms. The Morgan fingerprint density at radius 2 is 0.948 bits per heavy atom. The van der Waals surface area contributed by atoms with E-state index in [4.69, 9.17) is 29.2 Å². The van der Waals surface area contributed by atoms with E-state index in [0.717, 1.165) is 88.9 Å². The van der Waals surface area contributed by atoms with Crippen molar-refractivity contribution in [1.82, 2.24) is 15.0 Å². The van der Waals surface area contributed by atoms with E-state index < -0.39 is 0 Å². The first-order valence-corrected chi connectivity index (χ1v) is 24.5. The normalized spacial score (nSPS) is 11.1. The number of hydrogen-bond donors (Lipinski definition) is 2. The predicted octanol–water partition coefficient (Wildman–Crippen LogP) is 17.0. The molecular weight excluding hydrogens is 1310 g/mol. The fraction of sp³-hybridized carbons (Fsp3) is 0.0896. The van der Waals surface area contributed by atoms with Crippen LogP contribution in [0.25, 0.3) is 110 Å². The molecule has 0 atom stereocenters. The summed E-state index contributed by atoms with van der Waals surface area (Å²) in [6, 6.07) is 67.9. The Bertz CT molecular complexity index is 4110. The molecule has 4 heterocycles. The number of aromatic nitrogens is 3. The quantitative estimate of drug-likeness (QED) is 0.0560.